The Kier molecular flexibility index (Phi) is 4.37. The monoisotopic (exact) mass is 178 g/mol. The molecule has 0 unspecified atom stereocenters. The minimum atomic E-state index is 0. The maximum absolute atomic E-state index is 5.64. The van der Waals surface area contributed by atoms with Gasteiger partial charge in [-0.1, -0.05) is 0 Å². The van der Waals surface area contributed by atoms with Crippen LogP contribution in [-0.4, -0.2) is 30.1 Å². The quantitative estimate of drug-likeness (QED) is 0.690. The summed E-state index contributed by atoms with van der Waals surface area (Å²) in [4.78, 5) is 2.48. The van der Waals surface area contributed by atoms with Gasteiger partial charge in [0, 0.05) is 12.1 Å². The van der Waals surface area contributed by atoms with Crippen molar-refractivity contribution in [2.45, 2.75) is 32.2 Å². The lowest BCUT2D eigenvalue weighted by Gasteiger charge is -2.33. The van der Waals surface area contributed by atoms with Crippen LogP contribution in [-0.2, 0) is 0 Å². The van der Waals surface area contributed by atoms with Crippen LogP contribution in [0, 0.1) is 0 Å². The number of nitrogens with two attached hydrogens (primary N) is 1. The maximum atomic E-state index is 5.64. The van der Waals surface area contributed by atoms with Gasteiger partial charge in [-0.15, -0.1) is 12.4 Å². The largest absolute Gasteiger partial charge is 0.329 e. The summed E-state index contributed by atoms with van der Waals surface area (Å²) in [6, 6.07) is 0. The molecule has 0 radical (unpaired) electrons. The fraction of sp³-hybridized carbons (Fsp3) is 1.00. The molecule has 0 aromatic rings. The summed E-state index contributed by atoms with van der Waals surface area (Å²) in [5.74, 6) is 0. The van der Waals surface area contributed by atoms with Crippen molar-refractivity contribution in [2.24, 2.45) is 5.73 Å². The molecule has 1 fully saturated rings. The average molecular weight is 179 g/mol. The molecule has 0 amide bonds. The second kappa shape index (κ2) is 4.29. The number of nitrogens with zero attached hydrogens (tertiary/aromatic N) is 1. The van der Waals surface area contributed by atoms with E-state index in [0.717, 1.165) is 6.54 Å². The molecule has 2 nitrogen and oxygen atoms in total. The lowest BCUT2D eigenvalue weighted by atomic mass is 10.0. The summed E-state index contributed by atoms with van der Waals surface area (Å²) < 4.78 is 0. The van der Waals surface area contributed by atoms with Crippen molar-refractivity contribution in [2.75, 3.05) is 19.6 Å². The Morgan fingerprint density at radius 1 is 1.27 bits per heavy atom. The molecule has 1 aliphatic heterocycles. The van der Waals surface area contributed by atoms with Gasteiger partial charge in [-0.25, -0.2) is 0 Å². The minimum Gasteiger partial charge on any atom is -0.329 e. The predicted octanol–water partition coefficient (Wildman–Crippen LogP) is 1.24. The smallest absolute Gasteiger partial charge is 0.0275 e. The van der Waals surface area contributed by atoms with Crippen LogP contribution in [0.25, 0.3) is 0 Å². The van der Waals surface area contributed by atoms with E-state index in [1.54, 1.807) is 0 Å². The van der Waals surface area contributed by atoms with E-state index in [1.165, 1.54) is 25.9 Å². The first-order chi connectivity index (χ1) is 4.67. The first-order valence-electron chi connectivity index (χ1n) is 4.12. The Hall–Kier alpha value is 0.210. The molecule has 0 aromatic carbocycles. The normalized spacial score (nSPS) is 19.9. The van der Waals surface area contributed by atoms with Gasteiger partial charge in [0.1, 0.15) is 0 Å². The van der Waals surface area contributed by atoms with Crippen molar-refractivity contribution >= 4 is 12.4 Å². The van der Waals surface area contributed by atoms with Crippen molar-refractivity contribution in [3.63, 3.8) is 0 Å². The predicted molar refractivity (Wildman–Crippen MR) is 51.2 cm³/mol. The van der Waals surface area contributed by atoms with Gasteiger partial charge < -0.3 is 5.73 Å². The molecule has 0 aromatic heterocycles. The van der Waals surface area contributed by atoms with E-state index in [0.29, 0.717) is 0 Å². The maximum Gasteiger partial charge on any atom is 0.0275 e. The molecule has 2 N–H and O–H groups in total. The Labute approximate surface area is 75.5 Å². The van der Waals surface area contributed by atoms with Gasteiger partial charge in [-0.05, 0) is 39.8 Å². The summed E-state index contributed by atoms with van der Waals surface area (Å²) in [6.07, 6.45) is 2.70. The highest BCUT2D eigenvalue weighted by molar-refractivity contribution is 5.85. The van der Waals surface area contributed by atoms with E-state index in [9.17, 15) is 0 Å². The molecule has 1 heterocycles. The van der Waals surface area contributed by atoms with Crippen LogP contribution in [0.2, 0.25) is 0 Å². The van der Waals surface area contributed by atoms with Crippen LogP contribution in [0.5, 0.6) is 0 Å². The Morgan fingerprint density at radius 2 is 1.73 bits per heavy atom. The molecule has 11 heavy (non-hydrogen) atoms. The first kappa shape index (κ1) is 11.2. The third-order valence-corrected chi connectivity index (χ3v) is 2.46. The van der Waals surface area contributed by atoms with Gasteiger partial charge in [0.2, 0.25) is 0 Å². The standard InChI is InChI=1S/C8H18N2.ClH/c1-8(2,7-9)10-5-3-4-6-10;/h3-7,9H2,1-2H3;1H. The van der Waals surface area contributed by atoms with E-state index in [1.807, 2.05) is 0 Å². The highest BCUT2D eigenvalue weighted by Gasteiger charge is 2.26. The van der Waals surface area contributed by atoms with Crippen LogP contribution in [0.15, 0.2) is 0 Å². The first-order valence-corrected chi connectivity index (χ1v) is 4.12. The Balaban J connectivity index is 0.000001000. The summed E-state index contributed by atoms with van der Waals surface area (Å²) in [5.41, 5.74) is 5.88. The molecule has 0 saturated carbocycles. The number of hydrogen-bond donors (Lipinski definition) is 1. The van der Waals surface area contributed by atoms with Gasteiger partial charge in [0.25, 0.3) is 0 Å². The van der Waals surface area contributed by atoms with E-state index in [2.05, 4.69) is 18.7 Å². The lowest BCUT2D eigenvalue weighted by Crippen LogP contribution is -2.47. The minimum absolute atomic E-state index is 0. The molecule has 3 heteroatoms. The summed E-state index contributed by atoms with van der Waals surface area (Å²) in [5, 5.41) is 0. The number of hydrogen-bond acceptors (Lipinski definition) is 2. The molecular formula is C8H19ClN2. The molecule has 68 valence electrons. The fourth-order valence-corrected chi connectivity index (χ4v) is 1.45. The van der Waals surface area contributed by atoms with Crippen molar-refractivity contribution in [3.05, 3.63) is 0 Å². The zero-order valence-corrected chi connectivity index (χ0v) is 8.28. The fourth-order valence-electron chi connectivity index (χ4n) is 1.45. The van der Waals surface area contributed by atoms with Crippen LogP contribution in [0.4, 0.5) is 0 Å². The zero-order chi connectivity index (χ0) is 7.61. The van der Waals surface area contributed by atoms with Crippen molar-refractivity contribution in [1.29, 1.82) is 0 Å². The molecule has 1 aliphatic rings. The lowest BCUT2D eigenvalue weighted by molar-refractivity contribution is 0.163. The van der Waals surface area contributed by atoms with E-state index < -0.39 is 0 Å². The third-order valence-electron chi connectivity index (χ3n) is 2.46. The molecule has 1 rings (SSSR count). The van der Waals surface area contributed by atoms with E-state index >= 15 is 0 Å². The number of likely N-dealkylation sites (tertiary alicyclic amines) is 1. The molecule has 0 atom stereocenters. The molecule has 0 spiro atoms. The van der Waals surface area contributed by atoms with Gasteiger partial charge in [0.05, 0.1) is 0 Å². The van der Waals surface area contributed by atoms with E-state index in [4.69, 9.17) is 5.73 Å². The van der Waals surface area contributed by atoms with Crippen LogP contribution in [0.3, 0.4) is 0 Å². The number of rotatable bonds is 2. The average Bonchev–Trinajstić information content (AvgIpc) is 2.38. The Bertz CT molecular complexity index is 109. The van der Waals surface area contributed by atoms with Crippen LogP contribution < -0.4 is 5.73 Å². The summed E-state index contributed by atoms with van der Waals surface area (Å²) >= 11 is 0. The Morgan fingerprint density at radius 3 is 2.09 bits per heavy atom. The highest BCUT2D eigenvalue weighted by atomic mass is 35.5. The molecule has 0 bridgehead atoms. The molecule has 1 saturated heterocycles. The third kappa shape index (κ3) is 2.62. The SMILES string of the molecule is CC(C)(CN)N1CCCC1.Cl. The molecular weight excluding hydrogens is 160 g/mol. The van der Waals surface area contributed by atoms with Gasteiger partial charge in [0.15, 0.2) is 0 Å². The second-order valence-corrected chi connectivity index (χ2v) is 3.71. The highest BCUT2D eigenvalue weighted by Crippen LogP contribution is 2.19. The van der Waals surface area contributed by atoms with E-state index in [-0.39, 0.29) is 17.9 Å². The topological polar surface area (TPSA) is 29.3 Å². The van der Waals surface area contributed by atoms with Crippen LogP contribution in [0.1, 0.15) is 26.7 Å². The van der Waals surface area contributed by atoms with Crippen molar-refractivity contribution in [1.82, 2.24) is 4.90 Å². The zero-order valence-electron chi connectivity index (χ0n) is 7.47. The molecule has 0 aliphatic carbocycles. The van der Waals surface area contributed by atoms with Crippen molar-refractivity contribution in [3.8, 4) is 0 Å². The van der Waals surface area contributed by atoms with Gasteiger partial charge in [-0.3, -0.25) is 4.90 Å². The number of halogens is 1. The van der Waals surface area contributed by atoms with Gasteiger partial charge in [-0.2, -0.15) is 0 Å². The van der Waals surface area contributed by atoms with Gasteiger partial charge >= 0.3 is 0 Å². The van der Waals surface area contributed by atoms with Crippen LogP contribution >= 0.6 is 12.4 Å². The summed E-state index contributed by atoms with van der Waals surface area (Å²) in [6.45, 7) is 7.69. The van der Waals surface area contributed by atoms with Crippen molar-refractivity contribution < 1.29 is 0 Å². The second-order valence-electron chi connectivity index (χ2n) is 3.71. The summed E-state index contributed by atoms with van der Waals surface area (Å²) in [7, 11) is 0.